The molecule has 1 aliphatic heterocycles. The van der Waals surface area contributed by atoms with E-state index in [1.807, 2.05) is 0 Å². The highest BCUT2D eigenvalue weighted by molar-refractivity contribution is 7.89. The van der Waals surface area contributed by atoms with Crippen LogP contribution in [0.1, 0.15) is 30.3 Å². The number of furan rings is 1. The van der Waals surface area contributed by atoms with E-state index in [-0.39, 0.29) is 41.8 Å². The molecule has 8 nitrogen and oxygen atoms in total. The summed E-state index contributed by atoms with van der Waals surface area (Å²) < 4.78 is 42.6. The summed E-state index contributed by atoms with van der Waals surface area (Å²) in [6.07, 6.45) is 1.63. The van der Waals surface area contributed by atoms with E-state index in [1.165, 1.54) is 12.1 Å². The average Bonchev–Trinajstić information content (AvgIpc) is 3.06. The quantitative estimate of drug-likeness (QED) is 0.635. The van der Waals surface area contributed by atoms with Crippen LogP contribution in [0, 0.1) is 5.41 Å². The van der Waals surface area contributed by atoms with Crippen LogP contribution >= 0.6 is 12.4 Å². The van der Waals surface area contributed by atoms with Gasteiger partial charge < -0.3 is 19.2 Å². The number of hydrogen-bond acceptors (Lipinski definition) is 7. The first-order chi connectivity index (χ1) is 11.4. The number of carbonyl (C=O) groups excluding carboxylic acids is 1. The van der Waals surface area contributed by atoms with Gasteiger partial charge in [0.2, 0.25) is 10.9 Å². The zero-order valence-corrected chi connectivity index (χ0v) is 16.0. The lowest BCUT2D eigenvalue weighted by molar-refractivity contribution is 0.0483. The van der Waals surface area contributed by atoms with Gasteiger partial charge in [-0.25, -0.2) is 17.9 Å². The van der Waals surface area contributed by atoms with Gasteiger partial charge in [-0.2, -0.15) is 0 Å². The normalized spacial score (nSPS) is 16.9. The number of rotatable bonds is 8. The van der Waals surface area contributed by atoms with E-state index in [9.17, 15) is 13.2 Å². The van der Waals surface area contributed by atoms with E-state index < -0.39 is 16.0 Å². The minimum absolute atomic E-state index is 0. The van der Waals surface area contributed by atoms with Crippen molar-refractivity contribution in [1.29, 1.82) is 0 Å². The highest BCUT2D eigenvalue weighted by atomic mass is 35.5. The van der Waals surface area contributed by atoms with Crippen molar-refractivity contribution >= 4 is 28.4 Å². The SMILES string of the molecule is CCOC(=O)c1ccc(S(=O)(=O)NCC2(COC)CCNCC2)o1.Cl. The van der Waals surface area contributed by atoms with Crippen LogP contribution in [0.25, 0.3) is 0 Å². The molecule has 0 aliphatic carbocycles. The van der Waals surface area contributed by atoms with Gasteiger partial charge in [-0.3, -0.25) is 0 Å². The molecule has 2 rings (SSSR count). The molecule has 1 fully saturated rings. The number of carbonyl (C=O) groups is 1. The number of ether oxygens (including phenoxy) is 2. The summed E-state index contributed by atoms with van der Waals surface area (Å²) in [7, 11) is -2.24. The molecule has 1 aromatic rings. The average molecular weight is 397 g/mol. The molecule has 0 saturated carbocycles. The maximum Gasteiger partial charge on any atom is 0.374 e. The highest BCUT2D eigenvalue weighted by Gasteiger charge is 2.34. The fourth-order valence-electron chi connectivity index (χ4n) is 2.73. The summed E-state index contributed by atoms with van der Waals surface area (Å²) in [5, 5.41) is 2.95. The summed E-state index contributed by atoms with van der Waals surface area (Å²) in [5.74, 6) is -0.821. The first-order valence-corrected chi connectivity index (χ1v) is 9.37. The fraction of sp³-hybridized carbons (Fsp3) is 0.667. The molecule has 1 aromatic heterocycles. The standard InChI is InChI=1S/C15H24N2O6S.ClH/c1-3-22-14(18)12-4-5-13(23-12)24(19,20)17-10-15(11-21-2)6-8-16-9-7-15;/h4-5,16-17H,3,6-11H2,1-2H3;1H. The van der Waals surface area contributed by atoms with Crippen LogP contribution in [0.2, 0.25) is 0 Å². The molecular formula is C15H25ClN2O6S. The molecule has 1 aliphatic rings. The van der Waals surface area contributed by atoms with Crippen molar-refractivity contribution in [3.8, 4) is 0 Å². The van der Waals surface area contributed by atoms with Crippen LogP contribution in [-0.2, 0) is 19.5 Å². The molecular weight excluding hydrogens is 372 g/mol. The molecule has 0 atom stereocenters. The van der Waals surface area contributed by atoms with Crippen molar-refractivity contribution in [3.05, 3.63) is 17.9 Å². The van der Waals surface area contributed by atoms with Crippen LogP contribution in [0.5, 0.6) is 0 Å². The van der Waals surface area contributed by atoms with E-state index in [0.29, 0.717) is 6.61 Å². The number of hydrogen-bond donors (Lipinski definition) is 2. The molecule has 25 heavy (non-hydrogen) atoms. The molecule has 0 radical (unpaired) electrons. The first-order valence-electron chi connectivity index (χ1n) is 7.89. The minimum Gasteiger partial charge on any atom is -0.460 e. The van der Waals surface area contributed by atoms with Gasteiger partial charge >= 0.3 is 5.97 Å². The Hall–Kier alpha value is -1.13. The van der Waals surface area contributed by atoms with Gasteiger partial charge in [0, 0.05) is 19.1 Å². The van der Waals surface area contributed by atoms with E-state index in [4.69, 9.17) is 13.9 Å². The molecule has 0 bridgehead atoms. The van der Waals surface area contributed by atoms with E-state index in [1.54, 1.807) is 14.0 Å². The van der Waals surface area contributed by atoms with Crippen molar-refractivity contribution in [2.24, 2.45) is 5.41 Å². The molecule has 10 heteroatoms. The third-order valence-electron chi connectivity index (χ3n) is 4.07. The van der Waals surface area contributed by atoms with Gasteiger partial charge in [0.05, 0.1) is 13.2 Å². The lowest BCUT2D eigenvalue weighted by Crippen LogP contribution is -2.47. The Balaban J connectivity index is 0.00000312. The van der Waals surface area contributed by atoms with Crippen molar-refractivity contribution < 1.29 is 27.1 Å². The monoisotopic (exact) mass is 396 g/mol. The Morgan fingerprint density at radius 2 is 2.04 bits per heavy atom. The predicted octanol–water partition coefficient (Wildman–Crippen LogP) is 1.17. The Kier molecular flexibility index (Phi) is 8.36. The van der Waals surface area contributed by atoms with E-state index >= 15 is 0 Å². The first kappa shape index (κ1) is 21.9. The van der Waals surface area contributed by atoms with Crippen molar-refractivity contribution in [1.82, 2.24) is 10.0 Å². The Morgan fingerprint density at radius 3 is 2.64 bits per heavy atom. The largest absolute Gasteiger partial charge is 0.460 e. The summed E-state index contributed by atoms with van der Waals surface area (Å²) in [5.41, 5.74) is -0.246. The van der Waals surface area contributed by atoms with Gasteiger partial charge in [-0.1, -0.05) is 0 Å². The molecule has 2 N–H and O–H groups in total. The van der Waals surface area contributed by atoms with Crippen molar-refractivity contribution in [3.63, 3.8) is 0 Å². The summed E-state index contributed by atoms with van der Waals surface area (Å²) in [4.78, 5) is 11.6. The molecule has 0 spiro atoms. The van der Waals surface area contributed by atoms with Gasteiger partial charge in [0.15, 0.2) is 0 Å². The lowest BCUT2D eigenvalue weighted by atomic mass is 9.80. The topological polar surface area (TPSA) is 107 Å². The van der Waals surface area contributed by atoms with Crippen molar-refractivity contribution in [2.75, 3.05) is 40.0 Å². The Labute approximate surface area is 154 Å². The third-order valence-corrected chi connectivity index (χ3v) is 5.35. The fourth-order valence-corrected chi connectivity index (χ4v) is 3.82. The van der Waals surface area contributed by atoms with Crippen molar-refractivity contribution in [2.45, 2.75) is 24.9 Å². The van der Waals surface area contributed by atoms with Crippen LogP contribution in [0.15, 0.2) is 21.6 Å². The highest BCUT2D eigenvalue weighted by Crippen LogP contribution is 2.29. The van der Waals surface area contributed by atoms with Crippen LogP contribution < -0.4 is 10.0 Å². The van der Waals surface area contributed by atoms with Gasteiger partial charge in [-0.05, 0) is 45.0 Å². The molecule has 144 valence electrons. The number of piperidine rings is 1. The number of methoxy groups -OCH3 is 1. The third kappa shape index (κ3) is 5.68. The molecule has 1 saturated heterocycles. The van der Waals surface area contributed by atoms with Gasteiger partial charge in [-0.15, -0.1) is 12.4 Å². The van der Waals surface area contributed by atoms with Crippen LogP contribution in [0.3, 0.4) is 0 Å². The maximum absolute atomic E-state index is 12.4. The second-order valence-electron chi connectivity index (χ2n) is 5.85. The predicted molar refractivity (Wildman–Crippen MR) is 93.5 cm³/mol. The van der Waals surface area contributed by atoms with E-state index in [0.717, 1.165) is 25.9 Å². The second-order valence-corrected chi connectivity index (χ2v) is 7.54. The summed E-state index contributed by atoms with van der Waals surface area (Å²) in [6, 6.07) is 2.54. The summed E-state index contributed by atoms with van der Waals surface area (Å²) >= 11 is 0. The summed E-state index contributed by atoms with van der Waals surface area (Å²) in [6.45, 7) is 4.21. The lowest BCUT2D eigenvalue weighted by Gasteiger charge is -2.36. The molecule has 0 unspecified atom stereocenters. The second kappa shape index (κ2) is 9.54. The molecule has 0 amide bonds. The smallest absolute Gasteiger partial charge is 0.374 e. The maximum atomic E-state index is 12.4. The van der Waals surface area contributed by atoms with Gasteiger partial charge in [0.25, 0.3) is 10.0 Å². The Morgan fingerprint density at radius 1 is 1.36 bits per heavy atom. The molecule has 2 heterocycles. The van der Waals surface area contributed by atoms with E-state index in [2.05, 4.69) is 10.0 Å². The number of nitrogens with one attached hydrogen (secondary N) is 2. The van der Waals surface area contributed by atoms with Crippen LogP contribution in [0.4, 0.5) is 0 Å². The number of halogens is 1. The van der Waals surface area contributed by atoms with Crippen LogP contribution in [-0.4, -0.2) is 54.3 Å². The minimum atomic E-state index is -3.84. The zero-order valence-electron chi connectivity index (χ0n) is 14.4. The number of sulfonamides is 1. The molecule has 0 aromatic carbocycles. The number of esters is 1. The van der Waals surface area contributed by atoms with Gasteiger partial charge in [0.1, 0.15) is 0 Å². The Bertz CT molecular complexity index is 649. The zero-order chi connectivity index (χ0) is 17.6.